The van der Waals surface area contributed by atoms with Crippen LogP contribution in [0.25, 0.3) is 0 Å². The van der Waals surface area contributed by atoms with E-state index in [-0.39, 0.29) is 5.56 Å². The molecule has 0 saturated carbocycles. The molecule has 0 spiro atoms. The van der Waals surface area contributed by atoms with Crippen molar-refractivity contribution in [1.29, 1.82) is 5.26 Å². The van der Waals surface area contributed by atoms with Crippen LogP contribution in [-0.4, -0.2) is 29.9 Å². The first-order valence-corrected chi connectivity index (χ1v) is 5.60. The Bertz CT molecular complexity index is 434. The van der Waals surface area contributed by atoms with Crippen molar-refractivity contribution < 1.29 is 0 Å². The molecule has 0 aliphatic carbocycles. The Morgan fingerprint density at radius 3 is 3.00 bits per heavy atom. The van der Waals surface area contributed by atoms with Crippen molar-refractivity contribution in [3.05, 3.63) is 22.6 Å². The first kappa shape index (κ1) is 13.2. The van der Waals surface area contributed by atoms with Crippen molar-refractivity contribution in [3.63, 3.8) is 0 Å². The standard InChI is InChI=1S/C11H17N5O/c1-13-5-6-14-10-8-11(17)16(15-9-10)7-3-2-4-12/h8-9,13-14H,2-3,5-7H2,1H3. The average Bonchev–Trinajstić information content (AvgIpc) is 2.32. The quantitative estimate of drug-likeness (QED) is 0.659. The topological polar surface area (TPSA) is 82.7 Å². The summed E-state index contributed by atoms with van der Waals surface area (Å²) in [5, 5.41) is 18.5. The molecule has 6 nitrogen and oxygen atoms in total. The van der Waals surface area contributed by atoms with Crippen LogP contribution in [0.1, 0.15) is 12.8 Å². The molecular weight excluding hydrogens is 218 g/mol. The number of hydrogen-bond donors (Lipinski definition) is 2. The van der Waals surface area contributed by atoms with Gasteiger partial charge in [0.05, 0.1) is 18.0 Å². The summed E-state index contributed by atoms with van der Waals surface area (Å²) < 4.78 is 1.38. The largest absolute Gasteiger partial charge is 0.382 e. The summed E-state index contributed by atoms with van der Waals surface area (Å²) in [6.45, 7) is 2.06. The number of nitrogens with one attached hydrogen (secondary N) is 2. The number of rotatable bonds is 7. The van der Waals surface area contributed by atoms with Crippen LogP contribution in [0.4, 0.5) is 5.69 Å². The maximum Gasteiger partial charge on any atom is 0.268 e. The van der Waals surface area contributed by atoms with Crippen molar-refractivity contribution in [2.45, 2.75) is 19.4 Å². The van der Waals surface area contributed by atoms with Crippen LogP contribution in [0.5, 0.6) is 0 Å². The molecule has 17 heavy (non-hydrogen) atoms. The van der Waals surface area contributed by atoms with Crippen LogP contribution in [-0.2, 0) is 6.54 Å². The van der Waals surface area contributed by atoms with E-state index in [0.29, 0.717) is 19.4 Å². The van der Waals surface area contributed by atoms with E-state index in [0.717, 1.165) is 18.8 Å². The molecule has 1 aromatic rings. The van der Waals surface area contributed by atoms with Crippen molar-refractivity contribution in [3.8, 4) is 6.07 Å². The molecule has 1 heterocycles. The van der Waals surface area contributed by atoms with Gasteiger partial charge in [0.1, 0.15) is 0 Å². The third-order valence-electron chi connectivity index (χ3n) is 2.23. The number of nitriles is 1. The minimum atomic E-state index is -0.141. The van der Waals surface area contributed by atoms with Gasteiger partial charge in [0.2, 0.25) is 0 Å². The normalized spacial score (nSPS) is 9.88. The molecule has 6 heteroatoms. The Hall–Kier alpha value is -1.87. The SMILES string of the molecule is CNCCNc1cnn(CCCC#N)c(=O)c1. The van der Waals surface area contributed by atoms with E-state index < -0.39 is 0 Å². The van der Waals surface area contributed by atoms with E-state index in [9.17, 15) is 4.79 Å². The number of anilines is 1. The van der Waals surface area contributed by atoms with Gasteiger partial charge in [-0.1, -0.05) is 0 Å². The zero-order valence-electron chi connectivity index (χ0n) is 9.94. The maximum atomic E-state index is 11.6. The van der Waals surface area contributed by atoms with Gasteiger partial charge in [0.15, 0.2) is 0 Å². The summed E-state index contributed by atoms with van der Waals surface area (Å²) in [5.41, 5.74) is 0.583. The van der Waals surface area contributed by atoms with Crippen LogP contribution in [0.15, 0.2) is 17.1 Å². The average molecular weight is 235 g/mol. The van der Waals surface area contributed by atoms with Crippen LogP contribution in [0.3, 0.4) is 0 Å². The molecule has 0 amide bonds. The molecule has 0 radical (unpaired) electrons. The van der Waals surface area contributed by atoms with Gasteiger partial charge in [-0.05, 0) is 13.5 Å². The summed E-state index contributed by atoms with van der Waals surface area (Å²) in [6.07, 6.45) is 2.72. The van der Waals surface area contributed by atoms with Gasteiger partial charge in [-0.2, -0.15) is 10.4 Å². The van der Waals surface area contributed by atoms with Gasteiger partial charge in [0, 0.05) is 32.1 Å². The summed E-state index contributed by atoms with van der Waals surface area (Å²) in [6, 6.07) is 3.56. The highest BCUT2D eigenvalue weighted by atomic mass is 16.1. The fourth-order valence-corrected chi connectivity index (χ4v) is 1.34. The lowest BCUT2D eigenvalue weighted by atomic mass is 10.3. The van der Waals surface area contributed by atoms with Crippen molar-refractivity contribution in [2.24, 2.45) is 0 Å². The molecule has 0 aliphatic heterocycles. The number of aromatic nitrogens is 2. The van der Waals surface area contributed by atoms with E-state index in [1.165, 1.54) is 10.7 Å². The minimum absolute atomic E-state index is 0.141. The number of nitrogens with zero attached hydrogens (tertiary/aromatic N) is 3. The Labute approximate surface area is 100 Å². The molecule has 0 aromatic carbocycles. The Kier molecular flexibility index (Phi) is 5.75. The molecule has 1 aromatic heterocycles. The smallest absolute Gasteiger partial charge is 0.268 e. The van der Waals surface area contributed by atoms with Crippen LogP contribution in [0.2, 0.25) is 0 Å². The van der Waals surface area contributed by atoms with Crippen molar-refractivity contribution >= 4 is 5.69 Å². The van der Waals surface area contributed by atoms with Crippen molar-refractivity contribution in [2.75, 3.05) is 25.5 Å². The van der Waals surface area contributed by atoms with Gasteiger partial charge in [-0.25, -0.2) is 4.68 Å². The van der Waals surface area contributed by atoms with Crippen LogP contribution >= 0.6 is 0 Å². The Balaban J connectivity index is 2.54. The van der Waals surface area contributed by atoms with E-state index >= 15 is 0 Å². The predicted molar refractivity (Wildman–Crippen MR) is 65.8 cm³/mol. The zero-order valence-corrected chi connectivity index (χ0v) is 9.94. The lowest BCUT2D eigenvalue weighted by Crippen LogP contribution is -2.24. The van der Waals surface area contributed by atoms with E-state index in [1.54, 1.807) is 6.20 Å². The maximum absolute atomic E-state index is 11.6. The van der Waals surface area contributed by atoms with Crippen molar-refractivity contribution in [1.82, 2.24) is 15.1 Å². The highest BCUT2D eigenvalue weighted by Gasteiger charge is 1.99. The monoisotopic (exact) mass is 235 g/mol. The fraction of sp³-hybridized carbons (Fsp3) is 0.545. The molecule has 0 aliphatic rings. The summed E-state index contributed by atoms with van der Waals surface area (Å²) in [4.78, 5) is 11.6. The molecule has 92 valence electrons. The first-order chi connectivity index (χ1) is 8.27. The van der Waals surface area contributed by atoms with E-state index in [2.05, 4.69) is 15.7 Å². The van der Waals surface area contributed by atoms with Gasteiger partial charge < -0.3 is 10.6 Å². The Morgan fingerprint density at radius 1 is 1.53 bits per heavy atom. The van der Waals surface area contributed by atoms with Gasteiger partial charge in [-0.3, -0.25) is 4.79 Å². The first-order valence-electron chi connectivity index (χ1n) is 5.60. The number of aryl methyl sites for hydroxylation is 1. The molecular formula is C11H17N5O. The van der Waals surface area contributed by atoms with E-state index in [1.807, 2.05) is 13.1 Å². The fourth-order valence-electron chi connectivity index (χ4n) is 1.34. The highest BCUT2D eigenvalue weighted by molar-refractivity contribution is 5.38. The Morgan fingerprint density at radius 2 is 2.35 bits per heavy atom. The van der Waals surface area contributed by atoms with Gasteiger partial charge >= 0.3 is 0 Å². The molecule has 0 atom stereocenters. The zero-order chi connectivity index (χ0) is 12.5. The molecule has 1 rings (SSSR count). The lowest BCUT2D eigenvalue weighted by Gasteiger charge is -2.07. The second-order valence-corrected chi connectivity index (χ2v) is 3.60. The molecule has 2 N–H and O–H groups in total. The third kappa shape index (κ3) is 4.66. The summed E-state index contributed by atoms with van der Waals surface area (Å²) >= 11 is 0. The lowest BCUT2D eigenvalue weighted by molar-refractivity contribution is 0.554. The third-order valence-corrected chi connectivity index (χ3v) is 2.23. The van der Waals surface area contributed by atoms with Crippen LogP contribution in [0, 0.1) is 11.3 Å². The predicted octanol–water partition coefficient (Wildman–Crippen LogP) is 0.178. The van der Waals surface area contributed by atoms with Gasteiger partial charge in [0.25, 0.3) is 5.56 Å². The number of hydrogen-bond acceptors (Lipinski definition) is 5. The minimum Gasteiger partial charge on any atom is -0.382 e. The highest BCUT2D eigenvalue weighted by Crippen LogP contribution is 1.99. The molecule has 0 fully saturated rings. The number of unbranched alkanes of at least 4 members (excludes halogenated alkanes) is 1. The molecule has 0 saturated heterocycles. The van der Waals surface area contributed by atoms with E-state index in [4.69, 9.17) is 5.26 Å². The summed E-state index contributed by atoms with van der Waals surface area (Å²) in [7, 11) is 1.87. The van der Waals surface area contributed by atoms with Crippen LogP contribution < -0.4 is 16.2 Å². The number of likely N-dealkylation sites (N-methyl/N-ethyl adjacent to an activating group) is 1. The molecule has 0 unspecified atom stereocenters. The van der Waals surface area contributed by atoms with Gasteiger partial charge in [-0.15, -0.1) is 0 Å². The second kappa shape index (κ2) is 7.41. The second-order valence-electron chi connectivity index (χ2n) is 3.60. The summed E-state index contributed by atoms with van der Waals surface area (Å²) in [5.74, 6) is 0. The molecule has 0 bridgehead atoms.